The number of hydrogen-bond acceptors (Lipinski definition) is 7. The number of carbonyl (C=O) groups is 4. The summed E-state index contributed by atoms with van der Waals surface area (Å²) in [6.45, 7) is 17.5. The van der Waals surface area contributed by atoms with Crippen LogP contribution in [0.2, 0.25) is 0 Å². The number of ether oxygens (including phenoxy) is 2. The minimum atomic E-state index is -1.05. The molecule has 0 spiro atoms. The molecular formula is C26H44N3O7P. The predicted molar refractivity (Wildman–Crippen MR) is 145 cm³/mol. The van der Waals surface area contributed by atoms with Gasteiger partial charge in [-0.3, -0.25) is 4.79 Å². The minimum Gasteiger partial charge on any atom is -0.480 e. The zero-order chi connectivity index (χ0) is 28.2. The van der Waals surface area contributed by atoms with Gasteiger partial charge >= 0.3 is 18.0 Å². The van der Waals surface area contributed by atoms with Crippen molar-refractivity contribution < 1.29 is 33.8 Å². The molecule has 210 valence electrons. The Morgan fingerprint density at radius 3 is 2.38 bits per heavy atom. The van der Waals surface area contributed by atoms with E-state index in [0.717, 1.165) is 25.5 Å². The summed E-state index contributed by atoms with van der Waals surface area (Å²) in [5.41, 5.74) is -1.50. The van der Waals surface area contributed by atoms with Gasteiger partial charge in [0.1, 0.15) is 17.2 Å². The second-order valence-electron chi connectivity index (χ2n) is 10.2. The van der Waals surface area contributed by atoms with Gasteiger partial charge in [-0.05, 0) is 65.3 Å². The third kappa shape index (κ3) is 10.8. The number of esters is 1. The first kappa shape index (κ1) is 32.6. The largest absolute Gasteiger partial charge is 0.480 e. The van der Waals surface area contributed by atoms with Crippen LogP contribution in [0.25, 0.3) is 0 Å². The molecule has 1 aliphatic carbocycles. The summed E-state index contributed by atoms with van der Waals surface area (Å²) in [6.07, 6.45) is 6.37. The van der Waals surface area contributed by atoms with Gasteiger partial charge in [0.25, 0.3) is 0 Å². The summed E-state index contributed by atoms with van der Waals surface area (Å²) in [7, 11) is 0.424. The maximum Gasteiger partial charge on any atom is 0.408 e. The first-order valence-electron chi connectivity index (χ1n) is 12.7. The van der Waals surface area contributed by atoms with Gasteiger partial charge in [0, 0.05) is 5.92 Å². The lowest BCUT2D eigenvalue weighted by molar-refractivity contribution is -0.149. The molecule has 0 bridgehead atoms. The standard InChI is InChI=1S/C15H24N2O3.C11H20NO4P/c1-4-10-7-12(16-9-10)13(18)17-15(8-11(15)5-2)14(19)20-6-3;1-5-6-17-7-8(9(13)14)12-10(15)16-11(2,3)4/h5,10-12,16H,2,4,6-9H2,1,3H3,(H,17,18);5,8,17H,1,6-7H2,2-4H3,(H,12,15)(H,13,14)/t10-,11-,12+,15-;8-/m10/s1. The van der Waals surface area contributed by atoms with Crippen LogP contribution in [0.1, 0.15) is 53.9 Å². The van der Waals surface area contributed by atoms with E-state index in [1.165, 1.54) is 0 Å². The normalized spacial score (nSPS) is 25.3. The Bertz CT molecular complexity index is 829. The van der Waals surface area contributed by atoms with Crippen LogP contribution < -0.4 is 16.0 Å². The van der Waals surface area contributed by atoms with E-state index in [2.05, 4.69) is 36.0 Å². The zero-order valence-electron chi connectivity index (χ0n) is 22.7. The van der Waals surface area contributed by atoms with Gasteiger partial charge in [0.05, 0.1) is 12.6 Å². The van der Waals surface area contributed by atoms with Crippen molar-refractivity contribution in [1.29, 1.82) is 0 Å². The van der Waals surface area contributed by atoms with Crippen molar-refractivity contribution in [3.05, 3.63) is 25.3 Å². The summed E-state index contributed by atoms with van der Waals surface area (Å²) >= 11 is 0. The van der Waals surface area contributed by atoms with Crippen LogP contribution in [-0.2, 0) is 23.9 Å². The smallest absolute Gasteiger partial charge is 0.408 e. The van der Waals surface area contributed by atoms with E-state index in [9.17, 15) is 19.2 Å². The molecule has 37 heavy (non-hydrogen) atoms. The second kappa shape index (κ2) is 15.1. The fourth-order valence-electron chi connectivity index (χ4n) is 3.87. The molecule has 10 nitrogen and oxygen atoms in total. The van der Waals surface area contributed by atoms with Crippen molar-refractivity contribution in [3.8, 4) is 0 Å². The highest BCUT2D eigenvalue weighted by atomic mass is 31.1. The lowest BCUT2D eigenvalue weighted by Gasteiger charge is -2.21. The molecule has 2 fully saturated rings. The van der Waals surface area contributed by atoms with Gasteiger partial charge in [-0.25, -0.2) is 14.4 Å². The number of carbonyl (C=O) groups excluding carboxylic acids is 3. The average molecular weight is 542 g/mol. The number of rotatable bonds is 12. The van der Waals surface area contributed by atoms with Crippen molar-refractivity contribution in [1.82, 2.24) is 16.0 Å². The van der Waals surface area contributed by atoms with Crippen LogP contribution in [0.5, 0.6) is 0 Å². The molecule has 1 aliphatic heterocycles. The Kier molecular flexibility index (Phi) is 13.3. The van der Waals surface area contributed by atoms with Crippen LogP contribution in [-0.4, -0.2) is 77.7 Å². The molecule has 1 saturated carbocycles. The highest BCUT2D eigenvalue weighted by Crippen LogP contribution is 2.45. The average Bonchev–Trinajstić information content (AvgIpc) is 3.31. The molecular weight excluding hydrogens is 497 g/mol. The fourth-order valence-corrected chi connectivity index (χ4v) is 4.80. The molecule has 0 aromatic heterocycles. The Morgan fingerprint density at radius 1 is 1.24 bits per heavy atom. The number of nitrogens with one attached hydrogen (secondary N) is 3. The van der Waals surface area contributed by atoms with E-state index in [-0.39, 0.29) is 23.8 Å². The van der Waals surface area contributed by atoms with Gasteiger partial charge in [0.15, 0.2) is 0 Å². The monoisotopic (exact) mass is 541 g/mol. The second-order valence-corrected chi connectivity index (χ2v) is 11.5. The summed E-state index contributed by atoms with van der Waals surface area (Å²) in [5.74, 6) is -0.971. The third-order valence-electron chi connectivity index (χ3n) is 6.03. The van der Waals surface area contributed by atoms with Crippen molar-refractivity contribution in [3.63, 3.8) is 0 Å². The quantitative estimate of drug-likeness (QED) is 0.128. The van der Waals surface area contributed by atoms with Gasteiger partial charge in [-0.1, -0.05) is 25.5 Å². The first-order valence-corrected chi connectivity index (χ1v) is 14.1. The third-order valence-corrected chi connectivity index (χ3v) is 7.30. The summed E-state index contributed by atoms with van der Waals surface area (Å²) < 4.78 is 10.1. The van der Waals surface area contributed by atoms with Crippen LogP contribution in [0.15, 0.2) is 25.3 Å². The van der Waals surface area contributed by atoms with E-state index in [4.69, 9.17) is 14.6 Å². The maximum absolute atomic E-state index is 12.3. The van der Waals surface area contributed by atoms with E-state index >= 15 is 0 Å². The number of aliphatic carboxylic acids is 1. The van der Waals surface area contributed by atoms with Gasteiger partial charge < -0.3 is 30.5 Å². The number of alkyl carbamates (subject to hydrolysis) is 1. The Morgan fingerprint density at radius 2 is 1.92 bits per heavy atom. The topological polar surface area (TPSA) is 143 Å². The molecule has 1 unspecified atom stereocenters. The molecule has 0 radical (unpaired) electrons. The SMILES string of the molecule is C=CCPC[C@H](NC(=O)OC(C)(C)C)C(=O)O.C=C[C@@H]1C[C@]1(NC(=O)[C@@H]1C[C@@H](CC)CN1)C(=O)OCC. The summed E-state index contributed by atoms with van der Waals surface area (Å²) in [5, 5.41) is 17.4. The molecule has 4 N–H and O–H groups in total. The molecule has 1 saturated heterocycles. The highest BCUT2D eigenvalue weighted by Gasteiger charge is 2.61. The number of allylic oxidation sites excluding steroid dienone is 1. The van der Waals surface area contributed by atoms with Crippen molar-refractivity contribution >= 4 is 32.5 Å². The van der Waals surface area contributed by atoms with Crippen molar-refractivity contribution in [2.45, 2.75) is 77.1 Å². The lowest BCUT2D eigenvalue weighted by atomic mass is 10.0. The van der Waals surface area contributed by atoms with Gasteiger partial charge in [-0.2, -0.15) is 0 Å². The number of carboxylic acids is 1. The van der Waals surface area contributed by atoms with Crippen molar-refractivity contribution in [2.24, 2.45) is 11.8 Å². The van der Waals surface area contributed by atoms with Gasteiger partial charge in [0.2, 0.25) is 5.91 Å². The minimum absolute atomic E-state index is 0.0196. The lowest BCUT2D eigenvalue weighted by Crippen LogP contribution is -2.51. The molecule has 2 amide bonds. The van der Waals surface area contributed by atoms with E-state index in [0.29, 0.717) is 33.7 Å². The van der Waals surface area contributed by atoms with Crippen LogP contribution >= 0.6 is 8.58 Å². The van der Waals surface area contributed by atoms with Crippen LogP contribution in [0, 0.1) is 11.8 Å². The highest BCUT2D eigenvalue weighted by molar-refractivity contribution is 7.38. The number of amides is 2. The van der Waals surface area contributed by atoms with E-state index in [1.54, 1.807) is 39.8 Å². The summed E-state index contributed by atoms with van der Waals surface area (Å²) in [6, 6.07) is -1.10. The van der Waals surface area contributed by atoms with E-state index in [1.807, 2.05) is 0 Å². The van der Waals surface area contributed by atoms with Gasteiger partial charge in [-0.15, -0.1) is 21.7 Å². The molecule has 6 atom stereocenters. The Balaban J connectivity index is 0.000000377. The predicted octanol–water partition coefficient (Wildman–Crippen LogP) is 2.83. The zero-order valence-corrected chi connectivity index (χ0v) is 23.7. The van der Waals surface area contributed by atoms with Crippen LogP contribution in [0.4, 0.5) is 4.79 Å². The Hall–Kier alpha value is -2.45. The number of hydrogen-bond donors (Lipinski definition) is 4. The molecule has 0 aromatic carbocycles. The molecule has 11 heteroatoms. The molecule has 1 heterocycles. The first-order chi connectivity index (χ1) is 17.3. The van der Waals surface area contributed by atoms with E-state index < -0.39 is 29.2 Å². The molecule has 2 aliphatic rings. The molecule has 2 rings (SSSR count). The van der Waals surface area contributed by atoms with Crippen LogP contribution in [0.3, 0.4) is 0 Å². The number of carboxylic acid groups (broad SMARTS) is 1. The maximum atomic E-state index is 12.3. The fraction of sp³-hybridized carbons (Fsp3) is 0.692. The molecule has 0 aromatic rings. The van der Waals surface area contributed by atoms with Crippen molar-refractivity contribution in [2.75, 3.05) is 25.5 Å². The Labute approximate surface area is 222 Å². The summed E-state index contributed by atoms with van der Waals surface area (Å²) in [4.78, 5) is 46.7.